The maximum atomic E-state index is 13.1. The zero-order valence-corrected chi connectivity index (χ0v) is 15.3. The lowest BCUT2D eigenvalue weighted by molar-refractivity contribution is -0.119. The van der Waals surface area contributed by atoms with Crippen LogP contribution >= 0.6 is 23.4 Å². The van der Waals surface area contributed by atoms with Crippen molar-refractivity contribution < 1.29 is 18.4 Å². The van der Waals surface area contributed by atoms with Crippen molar-refractivity contribution in [1.82, 2.24) is 5.32 Å². The standard InChI is InChI=1S/C18H17ClF2N2O2S/c19-12-3-5-13(6-4-12)23-17(24)2-1-9-22-18(25)11-26-14-7-8-15(20)16(21)10-14/h3-8,10H,1-2,9,11H2,(H,22,25)(H,23,24). The number of anilines is 1. The minimum Gasteiger partial charge on any atom is -0.355 e. The van der Waals surface area contributed by atoms with Crippen molar-refractivity contribution in [1.29, 1.82) is 0 Å². The Morgan fingerprint density at radius 1 is 1.00 bits per heavy atom. The van der Waals surface area contributed by atoms with E-state index in [0.29, 0.717) is 28.6 Å². The molecular formula is C18H17ClF2N2O2S. The number of amides is 2. The topological polar surface area (TPSA) is 58.2 Å². The molecule has 0 fully saturated rings. The van der Waals surface area contributed by atoms with Gasteiger partial charge < -0.3 is 10.6 Å². The maximum absolute atomic E-state index is 13.1. The summed E-state index contributed by atoms with van der Waals surface area (Å²) in [6.07, 6.45) is 0.750. The third-order valence-corrected chi connectivity index (χ3v) is 4.54. The highest BCUT2D eigenvalue weighted by Crippen LogP contribution is 2.20. The third kappa shape index (κ3) is 7.01. The van der Waals surface area contributed by atoms with Gasteiger partial charge in [-0.2, -0.15) is 0 Å². The molecule has 2 rings (SSSR count). The Bertz CT molecular complexity index is 772. The summed E-state index contributed by atoms with van der Waals surface area (Å²) >= 11 is 6.88. The van der Waals surface area contributed by atoms with Gasteiger partial charge in [0.25, 0.3) is 0 Å². The fraction of sp³-hybridized carbons (Fsp3) is 0.222. The average molecular weight is 399 g/mol. The van der Waals surface area contributed by atoms with Crippen molar-refractivity contribution in [3.63, 3.8) is 0 Å². The highest BCUT2D eigenvalue weighted by atomic mass is 35.5. The van der Waals surface area contributed by atoms with Crippen LogP contribution in [-0.2, 0) is 9.59 Å². The minimum atomic E-state index is -0.942. The summed E-state index contributed by atoms with van der Waals surface area (Å²) in [4.78, 5) is 24.0. The van der Waals surface area contributed by atoms with Crippen LogP contribution in [0.4, 0.5) is 14.5 Å². The highest BCUT2D eigenvalue weighted by Gasteiger charge is 2.07. The summed E-state index contributed by atoms with van der Waals surface area (Å²) in [6, 6.07) is 10.3. The van der Waals surface area contributed by atoms with Gasteiger partial charge in [0.1, 0.15) is 0 Å². The lowest BCUT2D eigenvalue weighted by Crippen LogP contribution is -2.27. The van der Waals surface area contributed by atoms with E-state index in [4.69, 9.17) is 11.6 Å². The van der Waals surface area contributed by atoms with Gasteiger partial charge in [-0.15, -0.1) is 11.8 Å². The largest absolute Gasteiger partial charge is 0.355 e. The molecule has 26 heavy (non-hydrogen) atoms. The van der Waals surface area contributed by atoms with Crippen LogP contribution in [0.5, 0.6) is 0 Å². The molecule has 0 spiro atoms. The van der Waals surface area contributed by atoms with Crippen LogP contribution in [0.3, 0.4) is 0 Å². The minimum absolute atomic E-state index is 0.0854. The number of hydrogen-bond acceptors (Lipinski definition) is 3. The molecule has 0 saturated heterocycles. The molecule has 0 bridgehead atoms. The van der Waals surface area contributed by atoms with Gasteiger partial charge in [-0.3, -0.25) is 9.59 Å². The maximum Gasteiger partial charge on any atom is 0.230 e. The van der Waals surface area contributed by atoms with Gasteiger partial charge in [0, 0.05) is 28.6 Å². The first-order valence-electron chi connectivity index (χ1n) is 7.84. The monoisotopic (exact) mass is 398 g/mol. The van der Waals surface area contributed by atoms with Crippen molar-refractivity contribution in [2.24, 2.45) is 0 Å². The van der Waals surface area contributed by atoms with Crippen LogP contribution in [0.1, 0.15) is 12.8 Å². The molecule has 0 aliphatic heterocycles. The van der Waals surface area contributed by atoms with Gasteiger partial charge in [0.15, 0.2) is 11.6 Å². The molecule has 0 heterocycles. The van der Waals surface area contributed by atoms with Gasteiger partial charge in [-0.05, 0) is 48.9 Å². The molecule has 2 amide bonds. The summed E-state index contributed by atoms with van der Waals surface area (Å²) in [6.45, 7) is 0.352. The molecule has 8 heteroatoms. The van der Waals surface area contributed by atoms with E-state index in [1.165, 1.54) is 6.07 Å². The van der Waals surface area contributed by atoms with Crippen LogP contribution in [-0.4, -0.2) is 24.1 Å². The first-order chi connectivity index (χ1) is 12.4. The number of carbonyl (C=O) groups excluding carboxylic acids is 2. The first-order valence-corrected chi connectivity index (χ1v) is 9.20. The van der Waals surface area contributed by atoms with Gasteiger partial charge in [-0.25, -0.2) is 8.78 Å². The lowest BCUT2D eigenvalue weighted by Gasteiger charge is -2.07. The highest BCUT2D eigenvalue weighted by molar-refractivity contribution is 8.00. The molecule has 2 N–H and O–H groups in total. The summed E-state index contributed by atoms with van der Waals surface area (Å²) in [7, 11) is 0. The van der Waals surface area contributed by atoms with Crippen LogP contribution < -0.4 is 10.6 Å². The Kier molecular flexibility index (Phi) is 7.87. The van der Waals surface area contributed by atoms with E-state index in [1.54, 1.807) is 24.3 Å². The summed E-state index contributed by atoms with van der Waals surface area (Å²) in [5, 5.41) is 6.00. The number of rotatable bonds is 8. The van der Waals surface area contributed by atoms with Crippen molar-refractivity contribution in [3.05, 3.63) is 59.1 Å². The molecule has 0 aromatic heterocycles. The van der Waals surface area contributed by atoms with Crippen LogP contribution in [0.25, 0.3) is 0 Å². The quantitative estimate of drug-likeness (QED) is 0.516. The smallest absolute Gasteiger partial charge is 0.230 e. The molecule has 4 nitrogen and oxygen atoms in total. The molecule has 0 radical (unpaired) electrons. The van der Waals surface area contributed by atoms with Crippen molar-refractivity contribution >= 4 is 40.9 Å². The number of benzene rings is 2. The molecule has 0 atom stereocenters. The Balaban J connectivity index is 1.61. The summed E-state index contributed by atoms with van der Waals surface area (Å²) in [5.41, 5.74) is 0.659. The second-order valence-electron chi connectivity index (χ2n) is 5.37. The number of carbonyl (C=O) groups is 2. The van der Waals surface area contributed by atoms with Gasteiger partial charge in [-0.1, -0.05) is 11.6 Å². The van der Waals surface area contributed by atoms with E-state index in [9.17, 15) is 18.4 Å². The molecule has 138 valence electrons. The molecule has 0 aliphatic carbocycles. The predicted octanol–water partition coefficient (Wildman–Crippen LogP) is 4.25. The lowest BCUT2D eigenvalue weighted by atomic mass is 10.2. The molecular weight excluding hydrogens is 382 g/mol. The molecule has 0 aliphatic rings. The molecule has 2 aromatic carbocycles. The van der Waals surface area contributed by atoms with Crippen LogP contribution in [0.2, 0.25) is 5.02 Å². The Morgan fingerprint density at radius 2 is 1.73 bits per heavy atom. The van der Waals surface area contributed by atoms with E-state index < -0.39 is 11.6 Å². The molecule has 0 saturated carbocycles. The second-order valence-corrected chi connectivity index (χ2v) is 6.86. The zero-order chi connectivity index (χ0) is 18.9. The number of halogens is 3. The molecule has 2 aromatic rings. The Morgan fingerprint density at radius 3 is 2.42 bits per heavy atom. The van der Waals surface area contributed by atoms with Crippen LogP contribution in [0, 0.1) is 11.6 Å². The van der Waals surface area contributed by atoms with E-state index in [-0.39, 0.29) is 24.0 Å². The number of hydrogen-bond donors (Lipinski definition) is 2. The first kappa shape index (κ1) is 20.2. The second kappa shape index (κ2) is 10.1. The van der Waals surface area contributed by atoms with Crippen molar-refractivity contribution in [3.8, 4) is 0 Å². The van der Waals surface area contributed by atoms with E-state index >= 15 is 0 Å². The predicted molar refractivity (Wildman–Crippen MR) is 99.4 cm³/mol. The fourth-order valence-corrected chi connectivity index (χ4v) is 2.88. The summed E-state index contributed by atoms with van der Waals surface area (Å²) < 4.78 is 25.9. The fourth-order valence-electron chi connectivity index (χ4n) is 2.00. The SMILES string of the molecule is O=C(CSc1ccc(F)c(F)c1)NCCCC(=O)Nc1ccc(Cl)cc1. The number of thioether (sulfide) groups is 1. The Labute approximate surface area is 159 Å². The van der Waals surface area contributed by atoms with Gasteiger partial charge in [0.05, 0.1) is 5.75 Å². The van der Waals surface area contributed by atoms with E-state index in [2.05, 4.69) is 10.6 Å². The van der Waals surface area contributed by atoms with E-state index in [0.717, 1.165) is 23.9 Å². The van der Waals surface area contributed by atoms with Crippen LogP contribution in [0.15, 0.2) is 47.4 Å². The number of nitrogens with one attached hydrogen (secondary N) is 2. The normalized spacial score (nSPS) is 10.4. The Hall–Kier alpha value is -2.12. The summed E-state index contributed by atoms with van der Waals surface area (Å²) in [5.74, 6) is -2.17. The van der Waals surface area contributed by atoms with Gasteiger partial charge in [0.2, 0.25) is 11.8 Å². The third-order valence-electron chi connectivity index (χ3n) is 3.29. The zero-order valence-electron chi connectivity index (χ0n) is 13.7. The molecule has 0 unspecified atom stereocenters. The van der Waals surface area contributed by atoms with Crippen molar-refractivity contribution in [2.75, 3.05) is 17.6 Å². The average Bonchev–Trinajstić information content (AvgIpc) is 2.62. The van der Waals surface area contributed by atoms with Gasteiger partial charge >= 0.3 is 0 Å². The van der Waals surface area contributed by atoms with Crippen molar-refractivity contribution in [2.45, 2.75) is 17.7 Å². The van der Waals surface area contributed by atoms with E-state index in [1.807, 2.05) is 0 Å².